The molecule has 0 saturated carbocycles. The third-order valence-electron chi connectivity index (χ3n) is 0.510. The van der Waals surface area contributed by atoms with Crippen LogP contribution in [0.15, 0.2) is 11.6 Å². The Kier molecular flexibility index (Phi) is 9.89. The Hall–Kier alpha value is 0.570. The number of allylic oxidation sites excluding steroid dienone is 1. The van der Waals surface area contributed by atoms with Crippen LogP contribution in [-0.4, -0.2) is 5.75 Å². The van der Waals surface area contributed by atoms with Crippen molar-refractivity contribution in [3.63, 3.8) is 0 Å². The summed E-state index contributed by atoms with van der Waals surface area (Å²) in [5.41, 5.74) is 1.37. The van der Waals surface area contributed by atoms with E-state index in [0.717, 1.165) is 5.75 Å². The number of hydrogen-bond acceptors (Lipinski definition) is 0. The lowest BCUT2D eigenvalue weighted by Crippen LogP contribution is -3.00. The normalized spacial score (nSPS) is 6.71. The maximum atomic E-state index is 3.32. The highest BCUT2D eigenvalue weighted by atomic mass is 79.9. The summed E-state index contributed by atoms with van der Waals surface area (Å²) >= 11 is 3.32. The minimum absolute atomic E-state index is 0. The molecule has 0 heterocycles. The summed E-state index contributed by atoms with van der Waals surface area (Å²) in [6.07, 6.45) is 2.12. The van der Waals surface area contributed by atoms with Crippen molar-refractivity contribution in [2.75, 3.05) is 5.75 Å². The SMILES string of the molecule is CC(C)=CC[SH2+].[Br-]. The lowest BCUT2D eigenvalue weighted by Gasteiger charge is -1.76. The van der Waals surface area contributed by atoms with Gasteiger partial charge in [0.05, 0.1) is 0 Å². The van der Waals surface area contributed by atoms with Crippen molar-refractivity contribution < 1.29 is 17.0 Å². The molecule has 0 aliphatic rings. The molecule has 0 aliphatic carbocycles. The summed E-state index contributed by atoms with van der Waals surface area (Å²) in [6.45, 7) is 4.17. The molecule has 0 amide bonds. The Morgan fingerprint density at radius 2 is 2.00 bits per heavy atom. The van der Waals surface area contributed by atoms with Gasteiger partial charge in [-0.05, 0) is 32.6 Å². The molecule has 7 heavy (non-hydrogen) atoms. The van der Waals surface area contributed by atoms with Gasteiger partial charge in [-0.2, -0.15) is 0 Å². The Balaban J connectivity index is 0. The van der Waals surface area contributed by atoms with Gasteiger partial charge in [-0.25, -0.2) is 0 Å². The lowest BCUT2D eigenvalue weighted by molar-refractivity contribution is -0.00000136. The quantitative estimate of drug-likeness (QED) is 0.325. The van der Waals surface area contributed by atoms with Crippen molar-refractivity contribution in [1.29, 1.82) is 0 Å². The van der Waals surface area contributed by atoms with Crippen LogP contribution in [0, 0.1) is 0 Å². The van der Waals surface area contributed by atoms with E-state index in [2.05, 4.69) is 32.6 Å². The molecule has 0 aromatic rings. The number of hydrogen-bond donors (Lipinski definition) is 0. The minimum Gasteiger partial charge on any atom is -1.00 e. The second-order valence-electron chi connectivity index (χ2n) is 1.49. The molecule has 44 valence electrons. The van der Waals surface area contributed by atoms with E-state index in [-0.39, 0.29) is 17.0 Å². The predicted molar refractivity (Wildman–Crippen MR) is 34.5 cm³/mol. The maximum absolute atomic E-state index is 3.32. The first-order valence-corrected chi connectivity index (χ1v) is 2.76. The van der Waals surface area contributed by atoms with Gasteiger partial charge >= 0.3 is 0 Å². The first kappa shape index (κ1) is 10.5. The molecule has 0 saturated heterocycles. The largest absolute Gasteiger partial charge is 1.00 e. The van der Waals surface area contributed by atoms with Crippen LogP contribution < -0.4 is 17.0 Å². The molecular weight excluding hydrogens is 172 g/mol. The summed E-state index contributed by atoms with van der Waals surface area (Å²) in [7, 11) is 0. The topological polar surface area (TPSA) is 0 Å². The highest BCUT2D eigenvalue weighted by Crippen LogP contribution is 1.84. The van der Waals surface area contributed by atoms with Crippen LogP contribution >= 0.6 is 0 Å². The van der Waals surface area contributed by atoms with Gasteiger partial charge in [0.1, 0.15) is 5.75 Å². The van der Waals surface area contributed by atoms with Crippen LogP contribution in [0.3, 0.4) is 0 Å². The molecule has 0 atom stereocenters. The van der Waals surface area contributed by atoms with Crippen LogP contribution in [0.25, 0.3) is 0 Å². The number of rotatable bonds is 1. The van der Waals surface area contributed by atoms with E-state index < -0.39 is 0 Å². The van der Waals surface area contributed by atoms with Gasteiger partial charge in [0.2, 0.25) is 0 Å². The van der Waals surface area contributed by atoms with Gasteiger partial charge in [0.15, 0.2) is 0 Å². The molecular formula is C5H11BrS. The van der Waals surface area contributed by atoms with Gasteiger partial charge in [-0.15, -0.1) is 0 Å². The predicted octanol–water partition coefficient (Wildman–Crippen LogP) is -2.03. The van der Waals surface area contributed by atoms with Crippen LogP contribution in [0.1, 0.15) is 13.8 Å². The Morgan fingerprint density at radius 3 is 2.00 bits per heavy atom. The molecule has 2 heteroatoms. The molecule has 0 N–H and O–H groups in total. The van der Waals surface area contributed by atoms with Gasteiger partial charge < -0.3 is 17.0 Å². The minimum atomic E-state index is 0. The van der Waals surface area contributed by atoms with E-state index in [1.165, 1.54) is 5.57 Å². The highest BCUT2D eigenvalue weighted by Gasteiger charge is 1.72. The summed E-state index contributed by atoms with van der Waals surface area (Å²) in [4.78, 5) is 0. The van der Waals surface area contributed by atoms with E-state index in [1.807, 2.05) is 0 Å². The molecule has 0 nitrogen and oxygen atoms in total. The fourth-order valence-electron chi connectivity index (χ4n) is 0.204. The third kappa shape index (κ3) is 10.8. The zero-order valence-electron chi connectivity index (χ0n) is 4.66. The standard InChI is InChI=1S/C5H10S.BrH/c1-5(2)3-4-6;/h3,6H,4H2,1-2H3;1H. The fraction of sp³-hybridized carbons (Fsp3) is 0.600. The average Bonchev–Trinajstić information content (AvgIpc) is 1.35. The Morgan fingerprint density at radius 1 is 1.57 bits per heavy atom. The summed E-state index contributed by atoms with van der Waals surface area (Å²) in [6, 6.07) is 0. The van der Waals surface area contributed by atoms with Gasteiger partial charge in [-0.1, -0.05) is 5.57 Å². The average molecular weight is 183 g/mol. The second-order valence-corrected chi connectivity index (χ2v) is 1.89. The molecule has 0 spiro atoms. The van der Waals surface area contributed by atoms with E-state index in [0.29, 0.717) is 0 Å². The molecule has 0 aliphatic heterocycles. The van der Waals surface area contributed by atoms with E-state index >= 15 is 0 Å². The van der Waals surface area contributed by atoms with Crippen LogP contribution in [-0.2, 0) is 12.6 Å². The zero-order valence-corrected chi connectivity index (χ0v) is 7.25. The summed E-state index contributed by atoms with van der Waals surface area (Å²) < 4.78 is 0. The highest BCUT2D eigenvalue weighted by molar-refractivity contribution is 7.58. The smallest absolute Gasteiger partial charge is 0.122 e. The second kappa shape index (κ2) is 6.57. The van der Waals surface area contributed by atoms with E-state index in [4.69, 9.17) is 0 Å². The van der Waals surface area contributed by atoms with Crippen LogP contribution in [0.2, 0.25) is 0 Å². The van der Waals surface area contributed by atoms with E-state index in [9.17, 15) is 0 Å². The molecule has 0 rings (SSSR count). The molecule has 0 fully saturated rings. The first-order chi connectivity index (χ1) is 2.77. The van der Waals surface area contributed by atoms with E-state index in [1.54, 1.807) is 0 Å². The van der Waals surface area contributed by atoms with Crippen molar-refractivity contribution in [3.8, 4) is 0 Å². The van der Waals surface area contributed by atoms with Crippen molar-refractivity contribution in [2.24, 2.45) is 0 Å². The Labute approximate surface area is 61.2 Å². The third-order valence-corrected chi connectivity index (χ3v) is 0.714. The Bertz CT molecular complexity index is 55.1. The van der Waals surface area contributed by atoms with Gasteiger partial charge in [-0.3, -0.25) is 0 Å². The monoisotopic (exact) mass is 182 g/mol. The van der Waals surface area contributed by atoms with Crippen molar-refractivity contribution >= 4 is 12.6 Å². The van der Waals surface area contributed by atoms with Crippen LogP contribution in [0.4, 0.5) is 0 Å². The first-order valence-electron chi connectivity index (χ1n) is 2.05. The lowest BCUT2D eigenvalue weighted by atomic mass is 10.3. The zero-order chi connectivity index (χ0) is 4.99. The summed E-state index contributed by atoms with van der Waals surface area (Å²) in [5, 5.41) is 0. The fourth-order valence-corrected chi connectivity index (χ4v) is 0.612. The molecule has 0 aromatic carbocycles. The van der Waals surface area contributed by atoms with Crippen molar-refractivity contribution in [2.45, 2.75) is 13.8 Å². The van der Waals surface area contributed by atoms with Crippen molar-refractivity contribution in [3.05, 3.63) is 11.6 Å². The molecule has 0 unspecified atom stereocenters. The van der Waals surface area contributed by atoms with Gasteiger partial charge in [0, 0.05) is 0 Å². The van der Waals surface area contributed by atoms with Crippen molar-refractivity contribution in [1.82, 2.24) is 0 Å². The molecule has 0 aromatic heterocycles. The summed E-state index contributed by atoms with van der Waals surface area (Å²) in [5.74, 6) is 0.975. The molecule has 0 bridgehead atoms. The molecule has 0 radical (unpaired) electrons. The van der Waals surface area contributed by atoms with Crippen LogP contribution in [0.5, 0.6) is 0 Å². The maximum Gasteiger partial charge on any atom is 0.122 e. The number of halogens is 1. The van der Waals surface area contributed by atoms with Gasteiger partial charge in [0.25, 0.3) is 0 Å².